The van der Waals surface area contributed by atoms with Gasteiger partial charge in [-0.05, 0) is 92.2 Å². The van der Waals surface area contributed by atoms with Crippen LogP contribution in [-0.4, -0.2) is 24.1 Å². The number of rotatable bonds is 6. The summed E-state index contributed by atoms with van der Waals surface area (Å²) < 4.78 is 49.4. The third kappa shape index (κ3) is 6.22. The van der Waals surface area contributed by atoms with Gasteiger partial charge in [-0.25, -0.2) is 15.0 Å². The average molecular weight is 812 g/mol. The van der Waals surface area contributed by atoms with Gasteiger partial charge in [0.25, 0.3) is 0 Å². The summed E-state index contributed by atoms with van der Waals surface area (Å²) >= 11 is 0. The largest absolute Gasteiger partial charge is 0.416 e. The number of aromatic nitrogens is 5. The summed E-state index contributed by atoms with van der Waals surface area (Å²) in [6.45, 7) is 4.12. The Morgan fingerprint density at radius 2 is 0.887 bits per heavy atom. The Morgan fingerprint density at radius 3 is 1.47 bits per heavy atom. The van der Waals surface area contributed by atoms with E-state index < -0.39 is 11.7 Å². The average Bonchev–Trinajstić information content (AvgIpc) is 3.80. The molecule has 11 aromatic rings. The molecule has 8 heteroatoms. The summed E-state index contributed by atoms with van der Waals surface area (Å²) in [4.78, 5) is 15.1. The van der Waals surface area contributed by atoms with Crippen molar-refractivity contribution in [1.82, 2.24) is 24.1 Å². The van der Waals surface area contributed by atoms with E-state index in [-0.39, 0.29) is 0 Å². The van der Waals surface area contributed by atoms with Crippen LogP contribution in [-0.2, 0) is 6.18 Å². The summed E-state index contributed by atoms with van der Waals surface area (Å²) in [6.07, 6.45) is -4.62. The summed E-state index contributed by atoms with van der Waals surface area (Å²) in [7, 11) is 0. The third-order valence-electron chi connectivity index (χ3n) is 11.7. The van der Waals surface area contributed by atoms with Crippen LogP contribution in [0.1, 0.15) is 16.7 Å². The van der Waals surface area contributed by atoms with Crippen LogP contribution >= 0.6 is 0 Å². The lowest BCUT2D eigenvalue weighted by molar-refractivity contribution is -0.137. The van der Waals surface area contributed by atoms with Crippen molar-refractivity contribution in [1.29, 1.82) is 0 Å². The molecule has 0 radical (unpaired) electrons. The predicted molar refractivity (Wildman–Crippen MR) is 245 cm³/mol. The van der Waals surface area contributed by atoms with Gasteiger partial charge in [0.1, 0.15) is 0 Å². The van der Waals surface area contributed by atoms with Crippen LogP contribution in [0.25, 0.3) is 100 Å². The molecule has 11 rings (SSSR count). The molecule has 0 saturated carbocycles. The van der Waals surface area contributed by atoms with Crippen LogP contribution in [0.5, 0.6) is 0 Å². The van der Waals surface area contributed by atoms with Gasteiger partial charge >= 0.3 is 6.18 Å². The number of nitrogens with zero attached hydrogens (tertiary/aromatic N) is 5. The molecular weight excluding hydrogens is 776 g/mol. The molecular formula is C54H36F3N5. The second kappa shape index (κ2) is 14.4. The molecule has 3 aromatic heterocycles. The first-order valence-electron chi connectivity index (χ1n) is 20.4. The van der Waals surface area contributed by atoms with Crippen LogP contribution in [0.3, 0.4) is 0 Å². The molecule has 0 atom stereocenters. The van der Waals surface area contributed by atoms with Gasteiger partial charge in [-0.1, -0.05) is 120 Å². The van der Waals surface area contributed by atoms with E-state index in [1.807, 2.05) is 128 Å². The summed E-state index contributed by atoms with van der Waals surface area (Å²) in [5.41, 5.74) is 9.57. The van der Waals surface area contributed by atoms with Crippen molar-refractivity contribution >= 4 is 43.6 Å². The van der Waals surface area contributed by atoms with E-state index >= 15 is 13.2 Å². The minimum absolute atomic E-state index is 0.332. The highest BCUT2D eigenvalue weighted by atomic mass is 19.4. The summed E-state index contributed by atoms with van der Waals surface area (Å²) in [5, 5.41) is 4.18. The van der Waals surface area contributed by atoms with Crippen LogP contribution in [0.2, 0.25) is 0 Å². The Hall–Kier alpha value is -7.84. The van der Waals surface area contributed by atoms with E-state index in [4.69, 9.17) is 15.0 Å². The van der Waals surface area contributed by atoms with Crippen molar-refractivity contribution in [3.63, 3.8) is 0 Å². The smallest absolute Gasteiger partial charge is 0.309 e. The molecule has 8 aromatic carbocycles. The van der Waals surface area contributed by atoms with E-state index in [1.165, 1.54) is 12.1 Å². The van der Waals surface area contributed by atoms with E-state index in [0.717, 1.165) is 71.6 Å². The number of alkyl halides is 3. The first-order chi connectivity index (χ1) is 30.2. The van der Waals surface area contributed by atoms with Crippen molar-refractivity contribution in [2.24, 2.45) is 0 Å². The van der Waals surface area contributed by atoms with E-state index in [1.54, 1.807) is 6.07 Å². The zero-order valence-corrected chi connectivity index (χ0v) is 33.7. The SMILES string of the molecule is Cc1ccc2c(c1)c1ccccc1n2-c1ccc(-c2nc(-c3ccccc3)nc(-c3ccccc3)n2)c(-c2cc(C(F)(F)F)ccc2-n2c3ccccc3c3cc(C)ccc32)c1. The van der Waals surface area contributed by atoms with Crippen LogP contribution < -0.4 is 0 Å². The molecule has 62 heavy (non-hydrogen) atoms. The molecule has 0 spiro atoms. The molecule has 0 aliphatic heterocycles. The molecule has 0 saturated heterocycles. The number of benzene rings is 8. The number of hydrogen-bond acceptors (Lipinski definition) is 3. The molecule has 0 aliphatic rings. The molecule has 0 bridgehead atoms. The second-order valence-corrected chi connectivity index (χ2v) is 15.7. The monoisotopic (exact) mass is 811 g/mol. The maximum atomic E-state index is 15.1. The summed E-state index contributed by atoms with van der Waals surface area (Å²) in [6, 6.07) is 58.2. The summed E-state index contributed by atoms with van der Waals surface area (Å²) in [5.74, 6) is 1.23. The van der Waals surface area contributed by atoms with Gasteiger partial charge in [0.2, 0.25) is 0 Å². The van der Waals surface area contributed by atoms with Gasteiger partial charge in [-0.15, -0.1) is 0 Å². The molecule has 0 unspecified atom stereocenters. The van der Waals surface area contributed by atoms with Crippen LogP contribution in [0, 0.1) is 13.8 Å². The van der Waals surface area contributed by atoms with E-state index in [0.29, 0.717) is 39.9 Å². The molecule has 0 N–H and O–H groups in total. The van der Waals surface area contributed by atoms with E-state index in [9.17, 15) is 0 Å². The fourth-order valence-electron chi connectivity index (χ4n) is 8.85. The molecule has 5 nitrogen and oxygen atoms in total. The Balaban J connectivity index is 1.27. The zero-order valence-electron chi connectivity index (χ0n) is 33.7. The zero-order chi connectivity index (χ0) is 42.1. The highest BCUT2D eigenvalue weighted by molar-refractivity contribution is 6.11. The van der Waals surface area contributed by atoms with Crippen LogP contribution in [0.15, 0.2) is 182 Å². The fraction of sp³-hybridized carbons (Fsp3) is 0.0556. The lowest BCUT2D eigenvalue weighted by Crippen LogP contribution is -2.08. The minimum atomic E-state index is -4.62. The molecule has 0 fully saturated rings. The van der Waals surface area contributed by atoms with Crippen molar-refractivity contribution < 1.29 is 13.2 Å². The number of hydrogen-bond donors (Lipinski definition) is 0. The van der Waals surface area contributed by atoms with Gasteiger partial charge in [0, 0.05) is 49.5 Å². The second-order valence-electron chi connectivity index (χ2n) is 15.7. The predicted octanol–water partition coefficient (Wildman–Crippen LogP) is 14.4. The normalized spacial score (nSPS) is 12.0. The van der Waals surface area contributed by atoms with Crippen molar-refractivity contribution in [2.45, 2.75) is 20.0 Å². The Bertz CT molecular complexity index is 3470. The van der Waals surface area contributed by atoms with Crippen molar-refractivity contribution in [3.8, 4) is 56.7 Å². The minimum Gasteiger partial charge on any atom is -0.309 e. The third-order valence-corrected chi connectivity index (χ3v) is 11.7. The standard InChI is InChI=1S/C54H36F3N5/c1-33-21-26-48-43(29-33)39-17-9-11-19-46(39)61(48)38-24-25-41(53-59-51(35-13-5-3-6-14-35)58-52(60-53)36-15-7-4-8-16-36)42(32-38)45-31-37(54(55,56)57)23-28-50(45)62-47-20-12-10-18-40(47)44-30-34(2)22-27-49(44)62/h3-32H,1-2H3. The first-order valence-corrected chi connectivity index (χ1v) is 20.4. The highest BCUT2D eigenvalue weighted by Crippen LogP contribution is 2.44. The number of halogens is 3. The first kappa shape index (κ1) is 37.2. The number of fused-ring (bicyclic) bond motifs is 6. The molecule has 0 amide bonds. The topological polar surface area (TPSA) is 48.5 Å². The Labute approximate surface area is 355 Å². The Kier molecular flexibility index (Phi) is 8.65. The molecule has 0 aliphatic carbocycles. The van der Waals surface area contributed by atoms with Crippen molar-refractivity contribution in [3.05, 3.63) is 199 Å². The van der Waals surface area contributed by atoms with Gasteiger partial charge in [-0.3, -0.25) is 0 Å². The van der Waals surface area contributed by atoms with Gasteiger partial charge < -0.3 is 9.13 Å². The molecule has 298 valence electrons. The maximum absolute atomic E-state index is 15.1. The number of para-hydroxylation sites is 2. The number of aryl methyl sites for hydroxylation is 2. The fourth-order valence-corrected chi connectivity index (χ4v) is 8.85. The highest BCUT2D eigenvalue weighted by Gasteiger charge is 2.32. The lowest BCUT2D eigenvalue weighted by atomic mass is 9.94. The van der Waals surface area contributed by atoms with Gasteiger partial charge in [-0.2, -0.15) is 13.2 Å². The molecule has 3 heterocycles. The van der Waals surface area contributed by atoms with Gasteiger partial charge in [0.05, 0.1) is 33.3 Å². The van der Waals surface area contributed by atoms with Crippen molar-refractivity contribution in [2.75, 3.05) is 0 Å². The quantitative estimate of drug-likeness (QED) is 0.168. The van der Waals surface area contributed by atoms with Gasteiger partial charge in [0.15, 0.2) is 17.5 Å². The Morgan fingerprint density at radius 1 is 0.387 bits per heavy atom. The van der Waals surface area contributed by atoms with E-state index in [2.05, 4.69) is 58.5 Å². The lowest BCUT2D eigenvalue weighted by Gasteiger charge is -2.20. The van der Waals surface area contributed by atoms with Crippen LogP contribution in [0.4, 0.5) is 13.2 Å². The maximum Gasteiger partial charge on any atom is 0.416 e.